The van der Waals surface area contributed by atoms with Crippen molar-refractivity contribution in [2.45, 2.75) is 52.0 Å². The van der Waals surface area contributed by atoms with Crippen molar-refractivity contribution in [3.05, 3.63) is 6.54 Å². The van der Waals surface area contributed by atoms with E-state index in [0.717, 1.165) is 32.1 Å². The van der Waals surface area contributed by atoms with Crippen molar-refractivity contribution in [3.8, 4) is 0 Å². The van der Waals surface area contributed by atoms with Crippen LogP contribution in [0.2, 0.25) is 0 Å². The van der Waals surface area contributed by atoms with Crippen molar-refractivity contribution in [3.63, 3.8) is 0 Å². The second-order valence-electron chi connectivity index (χ2n) is 4.39. The number of aliphatic hydroxyl groups is 1. The van der Waals surface area contributed by atoms with E-state index in [2.05, 4.69) is 6.92 Å². The van der Waals surface area contributed by atoms with Crippen LogP contribution in [-0.2, 0) is 25.9 Å². The third-order valence-corrected chi connectivity index (χ3v) is 3.10. The van der Waals surface area contributed by atoms with Crippen molar-refractivity contribution in [1.82, 2.24) is 4.90 Å². The molecule has 0 bridgehead atoms. The molecule has 1 saturated heterocycles. The van der Waals surface area contributed by atoms with E-state index >= 15 is 0 Å². The van der Waals surface area contributed by atoms with Gasteiger partial charge in [0.2, 0.25) is 0 Å². The molecule has 1 N–H and O–H groups in total. The van der Waals surface area contributed by atoms with Gasteiger partial charge in [-0.3, -0.25) is 4.79 Å². The van der Waals surface area contributed by atoms with E-state index in [4.69, 9.17) is 5.11 Å². The first-order valence-electron chi connectivity index (χ1n) is 5.97. The van der Waals surface area contributed by atoms with E-state index in [1.807, 2.05) is 13.5 Å². The van der Waals surface area contributed by atoms with Gasteiger partial charge in [-0.1, -0.05) is 33.1 Å². The standard InChI is InChI=1S/C12H22NO2.W/c1-3-4-6-10(2)12(15)13-8-5-7-11(13)9-14;/h8,10-11,14H,3-7,9H2,1-2H3;/q-1;. The molecule has 1 aliphatic heterocycles. The van der Waals surface area contributed by atoms with E-state index in [1.54, 1.807) is 4.90 Å². The first kappa shape index (κ1) is 16.1. The van der Waals surface area contributed by atoms with Gasteiger partial charge in [-0.2, -0.15) is 6.42 Å². The molecule has 1 fully saturated rings. The molecule has 0 radical (unpaired) electrons. The van der Waals surface area contributed by atoms with Crippen molar-refractivity contribution in [1.29, 1.82) is 0 Å². The molecule has 0 aliphatic carbocycles. The van der Waals surface area contributed by atoms with Crippen molar-refractivity contribution in [2.24, 2.45) is 5.92 Å². The topological polar surface area (TPSA) is 40.5 Å². The second kappa shape index (κ2) is 8.24. The van der Waals surface area contributed by atoms with Crippen molar-refractivity contribution < 1.29 is 31.0 Å². The zero-order valence-corrected chi connectivity index (χ0v) is 13.1. The van der Waals surface area contributed by atoms with E-state index in [0.29, 0.717) is 0 Å². The van der Waals surface area contributed by atoms with Crippen molar-refractivity contribution >= 4 is 5.91 Å². The van der Waals surface area contributed by atoms with E-state index in [1.165, 1.54) is 0 Å². The average Bonchev–Trinajstić information content (AvgIpc) is 2.72. The maximum atomic E-state index is 12.0. The summed E-state index contributed by atoms with van der Waals surface area (Å²) in [5.41, 5.74) is 0. The van der Waals surface area contributed by atoms with Crippen LogP contribution in [0.4, 0.5) is 0 Å². The van der Waals surface area contributed by atoms with Gasteiger partial charge in [-0.05, 0) is 6.42 Å². The minimum atomic E-state index is 0. The van der Waals surface area contributed by atoms with Gasteiger partial charge in [0.15, 0.2) is 5.91 Å². The Morgan fingerprint density at radius 3 is 2.88 bits per heavy atom. The molecule has 0 saturated carbocycles. The van der Waals surface area contributed by atoms with Gasteiger partial charge in [0.1, 0.15) is 0 Å². The Balaban J connectivity index is 0.00000225. The summed E-state index contributed by atoms with van der Waals surface area (Å²) in [5.74, 6) is 0.272. The predicted octanol–water partition coefficient (Wildman–Crippen LogP) is 1.96. The molecular weight excluding hydrogens is 374 g/mol. The summed E-state index contributed by atoms with van der Waals surface area (Å²) in [4.78, 5) is 13.8. The Hall–Kier alpha value is 0.118. The zero-order chi connectivity index (χ0) is 11.3. The first-order chi connectivity index (χ1) is 7.20. The number of hydrogen-bond donors (Lipinski definition) is 1. The van der Waals surface area contributed by atoms with Crippen molar-refractivity contribution in [2.75, 3.05) is 6.61 Å². The Kier molecular flexibility index (Phi) is 8.31. The van der Waals surface area contributed by atoms with Gasteiger partial charge < -0.3 is 10.0 Å². The number of rotatable bonds is 5. The van der Waals surface area contributed by atoms with Crippen LogP contribution in [0.15, 0.2) is 0 Å². The summed E-state index contributed by atoms with van der Waals surface area (Å²) in [5, 5.41) is 9.13. The van der Waals surface area contributed by atoms with Gasteiger partial charge in [-0.25, -0.2) is 6.54 Å². The van der Waals surface area contributed by atoms with Gasteiger partial charge in [0, 0.05) is 33.0 Å². The molecule has 1 aliphatic rings. The Bertz CT molecular complexity index is 211. The Morgan fingerprint density at radius 1 is 1.62 bits per heavy atom. The number of aliphatic hydroxyl groups excluding tert-OH is 1. The summed E-state index contributed by atoms with van der Waals surface area (Å²) in [6.07, 6.45) is 5.01. The quantitative estimate of drug-likeness (QED) is 0.722. The molecule has 1 amide bonds. The van der Waals surface area contributed by atoms with Gasteiger partial charge >= 0.3 is 0 Å². The van der Waals surface area contributed by atoms with Crippen LogP contribution in [0, 0.1) is 12.5 Å². The van der Waals surface area contributed by atoms with Crippen LogP contribution in [0.5, 0.6) is 0 Å². The number of unbranched alkanes of at least 4 members (excludes halogenated alkanes) is 1. The molecule has 2 atom stereocenters. The van der Waals surface area contributed by atoms with Crippen LogP contribution in [-0.4, -0.2) is 28.6 Å². The fourth-order valence-corrected chi connectivity index (χ4v) is 2.03. The van der Waals surface area contributed by atoms with Crippen LogP contribution >= 0.6 is 0 Å². The number of amides is 1. The molecule has 16 heavy (non-hydrogen) atoms. The molecule has 0 spiro atoms. The molecule has 3 nitrogen and oxygen atoms in total. The predicted molar refractivity (Wildman–Crippen MR) is 59.9 cm³/mol. The third-order valence-electron chi connectivity index (χ3n) is 3.10. The normalized spacial score (nSPS) is 21.7. The molecule has 2 unspecified atom stereocenters. The summed E-state index contributed by atoms with van der Waals surface area (Å²) in [6.45, 7) is 6.14. The number of likely N-dealkylation sites (tertiary alicyclic amines) is 1. The summed E-state index contributed by atoms with van der Waals surface area (Å²) >= 11 is 0. The van der Waals surface area contributed by atoms with Crippen LogP contribution < -0.4 is 0 Å². The van der Waals surface area contributed by atoms with E-state index in [-0.39, 0.29) is 45.5 Å². The summed E-state index contributed by atoms with van der Waals surface area (Å²) in [6, 6.07) is 0.0292. The third kappa shape index (κ3) is 4.18. The molecule has 0 aromatic rings. The van der Waals surface area contributed by atoms with Crippen LogP contribution in [0.1, 0.15) is 46.0 Å². The Labute approximate surface area is 113 Å². The van der Waals surface area contributed by atoms with Gasteiger partial charge in [0.05, 0.1) is 6.61 Å². The maximum absolute atomic E-state index is 12.0. The second-order valence-corrected chi connectivity index (χ2v) is 4.39. The maximum Gasteiger partial charge on any atom is 0.196 e. The fraction of sp³-hybridized carbons (Fsp3) is 0.833. The molecule has 0 aromatic heterocycles. The number of carbonyl (C=O) groups is 1. The zero-order valence-electron chi connectivity index (χ0n) is 10.2. The minimum absolute atomic E-state index is 0. The average molecular weight is 396 g/mol. The fourth-order valence-electron chi connectivity index (χ4n) is 2.03. The van der Waals surface area contributed by atoms with Crippen LogP contribution in [0.25, 0.3) is 0 Å². The number of hydrogen-bond acceptors (Lipinski definition) is 2. The molecule has 0 aromatic carbocycles. The molecule has 94 valence electrons. The Morgan fingerprint density at radius 2 is 2.31 bits per heavy atom. The molecule has 4 heteroatoms. The first-order valence-corrected chi connectivity index (χ1v) is 5.97. The van der Waals surface area contributed by atoms with E-state index in [9.17, 15) is 4.79 Å². The monoisotopic (exact) mass is 396 g/mol. The molecule has 1 heterocycles. The number of nitrogens with zero attached hydrogens (tertiary/aromatic N) is 1. The van der Waals surface area contributed by atoms with E-state index < -0.39 is 0 Å². The smallest absolute Gasteiger partial charge is 0.196 e. The molecule has 1 rings (SSSR count). The molecular formula is C12H22NO2W-. The SMILES string of the molecule is CCCCC(C)C(=O)N1[CH-]CCC1CO.[W]. The van der Waals surface area contributed by atoms with Crippen LogP contribution in [0.3, 0.4) is 0 Å². The summed E-state index contributed by atoms with van der Waals surface area (Å²) < 4.78 is 0. The largest absolute Gasteiger partial charge is 0.488 e. The van der Waals surface area contributed by atoms with Gasteiger partial charge in [-0.15, -0.1) is 0 Å². The number of carbonyl (C=O) groups excluding carboxylic acids is 1. The summed E-state index contributed by atoms with van der Waals surface area (Å²) in [7, 11) is 0. The minimum Gasteiger partial charge on any atom is -0.488 e. The van der Waals surface area contributed by atoms with Gasteiger partial charge in [0.25, 0.3) is 0 Å².